The summed E-state index contributed by atoms with van der Waals surface area (Å²) in [6.07, 6.45) is 4.98. The molecule has 1 amide bonds. The standard InChI is InChI=1S/C22H21N5O2S2/c28-19(10-13-12-31-22-24-17-7-3-5-15(17)20(29)27(13)22)23-16-6-2-1-4-14(16)18-11-26-8-9-30-21(26)25-18/h1-2,4,6,11,13H,3,5,7-10,12H2,(H,23,28). The first-order valence-corrected chi connectivity index (χ1v) is 12.5. The number of amides is 1. The summed E-state index contributed by atoms with van der Waals surface area (Å²) in [5.41, 5.74) is 4.37. The van der Waals surface area contributed by atoms with Crippen LogP contribution in [0, 0.1) is 0 Å². The number of anilines is 1. The summed E-state index contributed by atoms with van der Waals surface area (Å²) in [6, 6.07) is 7.60. The molecule has 2 aromatic heterocycles. The maximum Gasteiger partial charge on any atom is 0.257 e. The number of carbonyl (C=O) groups excluding carboxylic acids is 1. The Balaban J connectivity index is 1.23. The fourth-order valence-electron chi connectivity index (χ4n) is 4.57. The molecule has 1 unspecified atom stereocenters. The first-order chi connectivity index (χ1) is 15.2. The molecule has 0 saturated carbocycles. The van der Waals surface area contributed by atoms with Gasteiger partial charge in [0.05, 0.1) is 23.1 Å². The predicted molar refractivity (Wildman–Crippen MR) is 122 cm³/mol. The number of aryl methyl sites for hydroxylation is 2. The number of nitrogens with zero attached hydrogens (tertiary/aromatic N) is 4. The number of hydrogen-bond acceptors (Lipinski definition) is 6. The van der Waals surface area contributed by atoms with Gasteiger partial charge in [0.15, 0.2) is 10.3 Å². The van der Waals surface area contributed by atoms with Crippen LogP contribution in [0.2, 0.25) is 0 Å². The van der Waals surface area contributed by atoms with Gasteiger partial charge in [-0.05, 0) is 25.3 Å². The molecule has 1 N–H and O–H groups in total. The van der Waals surface area contributed by atoms with Crippen LogP contribution in [0.3, 0.4) is 0 Å². The van der Waals surface area contributed by atoms with Crippen molar-refractivity contribution in [3.8, 4) is 11.3 Å². The molecule has 3 aliphatic rings. The maximum absolute atomic E-state index is 13.0. The molecule has 0 spiro atoms. The Kier molecular flexibility index (Phi) is 4.68. The van der Waals surface area contributed by atoms with E-state index < -0.39 is 0 Å². The summed E-state index contributed by atoms with van der Waals surface area (Å²) in [6.45, 7) is 0.965. The van der Waals surface area contributed by atoms with E-state index in [4.69, 9.17) is 9.97 Å². The number of benzene rings is 1. The molecule has 1 atom stereocenters. The predicted octanol–water partition coefficient (Wildman–Crippen LogP) is 3.38. The van der Waals surface area contributed by atoms with Crippen LogP contribution in [0.1, 0.15) is 30.1 Å². The number of imidazole rings is 1. The number of hydrogen-bond donors (Lipinski definition) is 1. The Labute approximate surface area is 187 Å². The van der Waals surface area contributed by atoms with Crippen LogP contribution in [0.4, 0.5) is 5.69 Å². The van der Waals surface area contributed by atoms with Gasteiger partial charge in [0.1, 0.15) is 0 Å². The molecule has 1 aliphatic carbocycles. The number of aromatic nitrogens is 4. The average Bonchev–Trinajstić information content (AvgIpc) is 3.52. The highest BCUT2D eigenvalue weighted by Gasteiger charge is 2.31. The number of thioether (sulfide) groups is 2. The minimum Gasteiger partial charge on any atom is -0.325 e. The van der Waals surface area contributed by atoms with E-state index in [2.05, 4.69) is 16.1 Å². The third-order valence-corrected chi connectivity index (χ3v) is 8.14. The molecule has 3 aromatic rings. The fraction of sp³-hybridized carbons (Fsp3) is 0.364. The monoisotopic (exact) mass is 451 g/mol. The molecule has 6 rings (SSSR count). The van der Waals surface area contributed by atoms with Crippen molar-refractivity contribution in [1.29, 1.82) is 0 Å². The number of carbonyl (C=O) groups is 1. The summed E-state index contributed by atoms with van der Waals surface area (Å²) >= 11 is 3.33. The SMILES string of the molecule is O=C(CC1CSc2nc3c(c(=O)n21)CCC3)Nc1ccccc1-c1cn2c(n1)SCC2. The maximum atomic E-state index is 13.0. The molecule has 1 aromatic carbocycles. The molecule has 0 bridgehead atoms. The highest BCUT2D eigenvalue weighted by Crippen LogP contribution is 2.35. The summed E-state index contributed by atoms with van der Waals surface area (Å²) < 4.78 is 3.90. The number of rotatable bonds is 4. The highest BCUT2D eigenvalue weighted by molar-refractivity contribution is 7.99. The van der Waals surface area contributed by atoms with Crippen LogP contribution >= 0.6 is 23.5 Å². The van der Waals surface area contributed by atoms with Gasteiger partial charge in [-0.1, -0.05) is 41.7 Å². The molecule has 9 heteroatoms. The van der Waals surface area contributed by atoms with E-state index in [0.717, 1.165) is 70.1 Å². The first kappa shape index (κ1) is 19.2. The molecule has 0 fully saturated rings. The molecular formula is C22H21N5O2S2. The third kappa shape index (κ3) is 3.30. The summed E-state index contributed by atoms with van der Waals surface area (Å²) in [5, 5.41) is 4.84. The molecule has 0 saturated heterocycles. The molecular weight excluding hydrogens is 430 g/mol. The Hall–Kier alpha value is -2.52. The molecule has 31 heavy (non-hydrogen) atoms. The minimum atomic E-state index is -0.161. The van der Waals surface area contributed by atoms with Gasteiger partial charge in [-0.2, -0.15) is 0 Å². The lowest BCUT2D eigenvalue weighted by atomic mass is 10.1. The summed E-state index contributed by atoms with van der Waals surface area (Å²) in [4.78, 5) is 35.4. The smallest absolute Gasteiger partial charge is 0.257 e. The van der Waals surface area contributed by atoms with Crippen molar-refractivity contribution in [3.05, 3.63) is 52.1 Å². The van der Waals surface area contributed by atoms with Gasteiger partial charge >= 0.3 is 0 Å². The van der Waals surface area contributed by atoms with E-state index >= 15 is 0 Å². The van der Waals surface area contributed by atoms with Crippen LogP contribution in [0.25, 0.3) is 11.3 Å². The molecule has 158 valence electrons. The zero-order valence-electron chi connectivity index (χ0n) is 16.8. The lowest BCUT2D eigenvalue weighted by Crippen LogP contribution is -2.30. The molecule has 2 aliphatic heterocycles. The summed E-state index contributed by atoms with van der Waals surface area (Å²) in [7, 11) is 0. The van der Waals surface area contributed by atoms with Crippen molar-refractivity contribution >= 4 is 35.1 Å². The number of fused-ring (bicyclic) bond motifs is 3. The molecule has 7 nitrogen and oxygen atoms in total. The normalized spacial score (nSPS) is 18.6. The Morgan fingerprint density at radius 1 is 1.16 bits per heavy atom. The quantitative estimate of drug-likeness (QED) is 0.613. The van der Waals surface area contributed by atoms with Gasteiger partial charge < -0.3 is 9.88 Å². The van der Waals surface area contributed by atoms with Crippen molar-refractivity contribution in [2.45, 2.75) is 48.6 Å². The third-order valence-electron chi connectivity index (χ3n) is 6.07. The lowest BCUT2D eigenvalue weighted by Gasteiger charge is -2.15. The van der Waals surface area contributed by atoms with Crippen molar-refractivity contribution in [3.63, 3.8) is 0 Å². The summed E-state index contributed by atoms with van der Waals surface area (Å²) in [5.74, 6) is 1.66. The van der Waals surface area contributed by atoms with E-state index in [1.165, 1.54) is 0 Å². The number of para-hydroxylation sites is 1. The largest absolute Gasteiger partial charge is 0.325 e. The number of nitrogens with one attached hydrogen (secondary N) is 1. The van der Waals surface area contributed by atoms with Crippen molar-refractivity contribution in [2.75, 3.05) is 16.8 Å². The van der Waals surface area contributed by atoms with Crippen LogP contribution < -0.4 is 10.9 Å². The second-order valence-corrected chi connectivity index (χ2v) is 10.1. The van der Waals surface area contributed by atoms with Crippen LogP contribution in [-0.4, -0.2) is 36.5 Å². The van der Waals surface area contributed by atoms with E-state index in [1.807, 2.05) is 24.3 Å². The topological polar surface area (TPSA) is 81.8 Å². The van der Waals surface area contributed by atoms with E-state index in [9.17, 15) is 9.59 Å². The van der Waals surface area contributed by atoms with E-state index in [0.29, 0.717) is 5.75 Å². The highest BCUT2D eigenvalue weighted by atomic mass is 32.2. The average molecular weight is 452 g/mol. The van der Waals surface area contributed by atoms with E-state index in [-0.39, 0.29) is 23.9 Å². The Morgan fingerprint density at radius 2 is 2.06 bits per heavy atom. The van der Waals surface area contributed by atoms with Crippen molar-refractivity contribution in [1.82, 2.24) is 19.1 Å². The fourth-order valence-corrected chi connectivity index (χ4v) is 6.67. The van der Waals surface area contributed by atoms with Crippen LogP contribution in [-0.2, 0) is 24.2 Å². The minimum absolute atomic E-state index is 0.0470. The van der Waals surface area contributed by atoms with Gasteiger partial charge in [0, 0.05) is 41.8 Å². The van der Waals surface area contributed by atoms with Crippen molar-refractivity contribution < 1.29 is 4.79 Å². The van der Waals surface area contributed by atoms with Crippen LogP contribution in [0.5, 0.6) is 0 Å². The van der Waals surface area contributed by atoms with Gasteiger partial charge in [0.2, 0.25) is 5.91 Å². The molecule has 4 heterocycles. The van der Waals surface area contributed by atoms with Gasteiger partial charge in [-0.25, -0.2) is 9.97 Å². The Bertz CT molecular complexity index is 1240. The second-order valence-electron chi connectivity index (χ2n) is 8.06. The van der Waals surface area contributed by atoms with Gasteiger partial charge in [-0.15, -0.1) is 0 Å². The lowest BCUT2D eigenvalue weighted by molar-refractivity contribution is -0.116. The van der Waals surface area contributed by atoms with Crippen LogP contribution in [0.15, 0.2) is 45.6 Å². The second kappa shape index (κ2) is 7.56. The van der Waals surface area contributed by atoms with E-state index in [1.54, 1.807) is 28.1 Å². The van der Waals surface area contributed by atoms with Gasteiger partial charge in [0.25, 0.3) is 5.56 Å². The van der Waals surface area contributed by atoms with Gasteiger partial charge in [-0.3, -0.25) is 14.2 Å². The zero-order valence-corrected chi connectivity index (χ0v) is 18.5. The first-order valence-electron chi connectivity index (χ1n) is 10.5. The molecule has 0 radical (unpaired) electrons. The van der Waals surface area contributed by atoms with Crippen molar-refractivity contribution in [2.24, 2.45) is 0 Å². The Morgan fingerprint density at radius 3 is 2.97 bits per heavy atom. The zero-order chi connectivity index (χ0) is 20.9.